The molecule has 2 aromatic carbocycles. The van der Waals surface area contributed by atoms with Gasteiger partial charge in [0, 0.05) is 11.6 Å². The smallest absolute Gasteiger partial charge is 0.267 e. The Kier molecular flexibility index (Phi) is 5.18. The monoisotopic (exact) mass is 354 g/mol. The average molecular weight is 355 g/mol. The topological polar surface area (TPSA) is 32.7 Å². The van der Waals surface area contributed by atoms with Crippen LogP contribution in [0.2, 0.25) is 5.02 Å². The lowest BCUT2D eigenvalue weighted by atomic mass is 10.2. The molecular formula is C19H15ClN2OS. The first kappa shape index (κ1) is 16.6. The zero-order valence-corrected chi connectivity index (χ0v) is 14.4. The van der Waals surface area contributed by atoms with Crippen molar-refractivity contribution in [1.29, 1.82) is 0 Å². The fourth-order valence-corrected chi connectivity index (χ4v) is 3.42. The maximum absolute atomic E-state index is 12.7. The molecule has 1 aliphatic heterocycles. The number of amidine groups is 1. The highest BCUT2D eigenvalue weighted by Gasteiger charge is 2.32. The summed E-state index contributed by atoms with van der Waals surface area (Å²) in [5, 5.41) is 1.26. The van der Waals surface area contributed by atoms with Gasteiger partial charge in [0.15, 0.2) is 5.17 Å². The molecule has 1 saturated heterocycles. The molecule has 5 heteroatoms. The van der Waals surface area contributed by atoms with Gasteiger partial charge < -0.3 is 0 Å². The highest BCUT2D eigenvalue weighted by atomic mass is 35.5. The van der Waals surface area contributed by atoms with Gasteiger partial charge in [0.05, 0.1) is 10.6 Å². The van der Waals surface area contributed by atoms with Crippen molar-refractivity contribution in [2.75, 3.05) is 6.54 Å². The maximum Gasteiger partial charge on any atom is 0.267 e. The largest absolute Gasteiger partial charge is 0.283 e. The molecule has 3 rings (SSSR count). The summed E-state index contributed by atoms with van der Waals surface area (Å²) in [5.41, 5.74) is 1.62. The van der Waals surface area contributed by atoms with Crippen molar-refractivity contribution >= 4 is 46.2 Å². The quantitative estimate of drug-likeness (QED) is 0.563. The standard InChI is InChI=1S/C19H15ClN2OS/c1-2-12-22-18(23)17(13-14-8-6-7-11-16(14)20)24-19(22)21-15-9-4-3-5-10-15/h2-11,13H,1,12H2. The van der Waals surface area contributed by atoms with Crippen LogP contribution in [0.5, 0.6) is 0 Å². The molecule has 0 N–H and O–H groups in total. The van der Waals surface area contributed by atoms with Crippen molar-refractivity contribution in [2.45, 2.75) is 0 Å². The van der Waals surface area contributed by atoms with Gasteiger partial charge in [-0.05, 0) is 41.6 Å². The average Bonchev–Trinajstić information content (AvgIpc) is 2.87. The maximum atomic E-state index is 12.7. The third-order valence-electron chi connectivity index (χ3n) is 3.37. The van der Waals surface area contributed by atoms with Gasteiger partial charge in [0.25, 0.3) is 5.91 Å². The Labute approximate surface area is 150 Å². The Hall–Kier alpha value is -2.30. The number of para-hydroxylation sites is 1. The van der Waals surface area contributed by atoms with Crippen LogP contribution in [0.4, 0.5) is 5.69 Å². The highest BCUT2D eigenvalue weighted by molar-refractivity contribution is 8.18. The van der Waals surface area contributed by atoms with Crippen molar-refractivity contribution in [2.24, 2.45) is 4.99 Å². The second-order valence-electron chi connectivity index (χ2n) is 5.07. The number of nitrogens with zero attached hydrogens (tertiary/aromatic N) is 2. The zero-order chi connectivity index (χ0) is 16.9. The van der Waals surface area contributed by atoms with E-state index < -0.39 is 0 Å². The van der Waals surface area contributed by atoms with Crippen molar-refractivity contribution < 1.29 is 4.79 Å². The Balaban J connectivity index is 1.97. The Bertz CT molecular complexity index is 830. The van der Waals surface area contributed by atoms with Crippen molar-refractivity contribution in [3.63, 3.8) is 0 Å². The first-order chi connectivity index (χ1) is 11.7. The van der Waals surface area contributed by atoms with Gasteiger partial charge in [-0.1, -0.05) is 54.1 Å². The molecule has 0 radical (unpaired) electrons. The molecular weight excluding hydrogens is 340 g/mol. The fourth-order valence-electron chi connectivity index (χ4n) is 2.23. The van der Waals surface area contributed by atoms with Crippen LogP contribution in [0.3, 0.4) is 0 Å². The van der Waals surface area contributed by atoms with Crippen LogP contribution < -0.4 is 0 Å². The summed E-state index contributed by atoms with van der Waals surface area (Å²) in [6.45, 7) is 4.14. The van der Waals surface area contributed by atoms with Crippen molar-refractivity contribution in [3.8, 4) is 0 Å². The SMILES string of the molecule is C=CCN1C(=O)C(=Cc2ccccc2Cl)SC1=Nc1ccccc1. The summed E-state index contributed by atoms with van der Waals surface area (Å²) >= 11 is 7.54. The van der Waals surface area contributed by atoms with E-state index >= 15 is 0 Å². The normalized spacial score (nSPS) is 17.7. The van der Waals surface area contributed by atoms with Gasteiger partial charge in [0.1, 0.15) is 0 Å². The van der Waals surface area contributed by atoms with Gasteiger partial charge in [-0.25, -0.2) is 4.99 Å². The Morgan fingerprint density at radius 2 is 1.83 bits per heavy atom. The van der Waals surface area contributed by atoms with Gasteiger partial charge in [0.2, 0.25) is 0 Å². The molecule has 0 bridgehead atoms. The molecule has 1 heterocycles. The van der Waals surface area contributed by atoms with Crippen molar-refractivity contribution in [1.82, 2.24) is 4.90 Å². The molecule has 120 valence electrons. The van der Waals surface area contributed by atoms with E-state index in [1.54, 1.807) is 23.1 Å². The molecule has 0 saturated carbocycles. The van der Waals surface area contributed by atoms with E-state index in [0.717, 1.165) is 11.3 Å². The van der Waals surface area contributed by atoms with Gasteiger partial charge >= 0.3 is 0 Å². The molecule has 0 aromatic heterocycles. The summed E-state index contributed by atoms with van der Waals surface area (Å²) in [5.74, 6) is -0.0884. The lowest BCUT2D eigenvalue weighted by molar-refractivity contribution is -0.121. The molecule has 1 amide bonds. The van der Waals surface area contributed by atoms with Crippen LogP contribution >= 0.6 is 23.4 Å². The van der Waals surface area contributed by atoms with E-state index in [4.69, 9.17) is 11.6 Å². The highest BCUT2D eigenvalue weighted by Crippen LogP contribution is 2.34. The molecule has 0 atom stereocenters. The van der Waals surface area contributed by atoms with Crippen LogP contribution in [0.25, 0.3) is 6.08 Å². The molecule has 0 spiro atoms. The number of carbonyl (C=O) groups is 1. The van der Waals surface area contributed by atoms with Gasteiger partial charge in [-0.3, -0.25) is 9.69 Å². The third-order valence-corrected chi connectivity index (χ3v) is 4.72. The van der Waals surface area contributed by atoms with E-state index in [-0.39, 0.29) is 5.91 Å². The van der Waals surface area contributed by atoms with Crippen LogP contribution in [0, 0.1) is 0 Å². The first-order valence-electron chi connectivity index (χ1n) is 7.39. The second kappa shape index (κ2) is 7.51. The number of hydrogen-bond donors (Lipinski definition) is 0. The number of rotatable bonds is 4. The molecule has 1 aliphatic rings. The predicted octanol–water partition coefficient (Wildman–Crippen LogP) is 5.13. The van der Waals surface area contributed by atoms with E-state index in [1.165, 1.54) is 11.8 Å². The Morgan fingerprint density at radius 1 is 1.12 bits per heavy atom. The van der Waals surface area contributed by atoms with E-state index in [9.17, 15) is 4.79 Å². The van der Waals surface area contributed by atoms with E-state index in [1.807, 2.05) is 48.5 Å². The van der Waals surface area contributed by atoms with Gasteiger partial charge in [-0.15, -0.1) is 6.58 Å². The summed E-state index contributed by atoms with van der Waals surface area (Å²) < 4.78 is 0. The summed E-state index contributed by atoms with van der Waals surface area (Å²) in [6.07, 6.45) is 3.50. The first-order valence-corrected chi connectivity index (χ1v) is 8.59. The van der Waals surface area contributed by atoms with E-state index in [0.29, 0.717) is 21.6 Å². The molecule has 0 unspecified atom stereocenters. The second-order valence-corrected chi connectivity index (χ2v) is 6.48. The minimum atomic E-state index is -0.0884. The number of halogens is 1. The van der Waals surface area contributed by atoms with Crippen molar-refractivity contribution in [3.05, 3.63) is 82.7 Å². The predicted molar refractivity (Wildman–Crippen MR) is 102 cm³/mol. The fraction of sp³-hybridized carbons (Fsp3) is 0.0526. The zero-order valence-electron chi connectivity index (χ0n) is 12.9. The lowest BCUT2D eigenvalue weighted by Crippen LogP contribution is -2.29. The molecule has 1 fully saturated rings. The molecule has 0 aliphatic carbocycles. The number of amides is 1. The number of aliphatic imine (C=N–C) groups is 1. The third kappa shape index (κ3) is 3.61. The van der Waals surface area contributed by atoms with Crippen LogP contribution in [-0.4, -0.2) is 22.5 Å². The van der Waals surface area contributed by atoms with Crippen LogP contribution in [0.15, 0.2) is 77.1 Å². The van der Waals surface area contributed by atoms with Crippen LogP contribution in [0.1, 0.15) is 5.56 Å². The van der Waals surface area contributed by atoms with Crippen LogP contribution in [-0.2, 0) is 4.79 Å². The summed E-state index contributed by atoms with van der Waals surface area (Å²) in [7, 11) is 0. The summed E-state index contributed by atoms with van der Waals surface area (Å²) in [4.78, 5) is 19.5. The number of hydrogen-bond acceptors (Lipinski definition) is 3. The van der Waals surface area contributed by atoms with E-state index in [2.05, 4.69) is 11.6 Å². The molecule has 24 heavy (non-hydrogen) atoms. The lowest BCUT2D eigenvalue weighted by Gasteiger charge is -2.12. The minimum absolute atomic E-state index is 0.0884. The number of benzene rings is 2. The number of thioether (sulfide) groups is 1. The Morgan fingerprint density at radius 3 is 2.54 bits per heavy atom. The number of carbonyl (C=O) groups excluding carboxylic acids is 1. The van der Waals surface area contributed by atoms with Gasteiger partial charge in [-0.2, -0.15) is 0 Å². The molecule has 3 nitrogen and oxygen atoms in total. The summed E-state index contributed by atoms with van der Waals surface area (Å²) in [6, 6.07) is 17.0. The molecule has 2 aromatic rings. The minimum Gasteiger partial charge on any atom is -0.283 e.